The first-order valence-electron chi connectivity index (χ1n) is 6.73. The van der Waals surface area contributed by atoms with Gasteiger partial charge in [-0.05, 0) is 64.5 Å². The summed E-state index contributed by atoms with van der Waals surface area (Å²) in [4.78, 5) is 2.58. The molecule has 1 aromatic carbocycles. The molecule has 1 saturated heterocycles. The van der Waals surface area contributed by atoms with Crippen LogP contribution < -0.4 is 5.32 Å². The zero-order valence-corrected chi connectivity index (χ0v) is 12.3. The maximum absolute atomic E-state index is 6.11. The largest absolute Gasteiger partial charge is 0.311 e. The number of rotatable bonds is 4. The second kappa shape index (κ2) is 5.60. The monoisotopic (exact) mass is 266 g/mol. The Morgan fingerprint density at radius 2 is 1.94 bits per heavy atom. The summed E-state index contributed by atoms with van der Waals surface area (Å²) in [5.74, 6) is 0. The van der Waals surface area contributed by atoms with Crippen LogP contribution in [0.2, 0.25) is 5.02 Å². The molecule has 0 amide bonds. The van der Waals surface area contributed by atoms with E-state index in [1.807, 2.05) is 19.2 Å². The third kappa shape index (κ3) is 2.71. The van der Waals surface area contributed by atoms with Crippen molar-refractivity contribution in [1.29, 1.82) is 0 Å². The second-order valence-corrected chi connectivity index (χ2v) is 6.06. The summed E-state index contributed by atoms with van der Waals surface area (Å²) < 4.78 is 0. The van der Waals surface area contributed by atoms with Crippen LogP contribution in [0.25, 0.3) is 0 Å². The molecule has 1 fully saturated rings. The van der Waals surface area contributed by atoms with Crippen LogP contribution in [0.4, 0.5) is 0 Å². The Morgan fingerprint density at radius 3 is 2.50 bits per heavy atom. The van der Waals surface area contributed by atoms with E-state index in [1.54, 1.807) is 0 Å². The van der Waals surface area contributed by atoms with E-state index in [0.717, 1.165) is 5.02 Å². The molecule has 1 N–H and O–H groups in total. The van der Waals surface area contributed by atoms with Crippen LogP contribution >= 0.6 is 11.6 Å². The number of likely N-dealkylation sites (tertiary alicyclic amines) is 1. The van der Waals surface area contributed by atoms with Gasteiger partial charge < -0.3 is 5.32 Å². The maximum Gasteiger partial charge on any atom is 0.0499 e. The SMILES string of the molecule is CNC(c1cccc(Cl)c1)C(C)(C)N1CCCC1. The highest BCUT2D eigenvalue weighted by atomic mass is 35.5. The molecule has 2 nitrogen and oxygen atoms in total. The molecule has 0 spiro atoms. The molecule has 0 aromatic heterocycles. The number of hydrogen-bond acceptors (Lipinski definition) is 2. The van der Waals surface area contributed by atoms with E-state index in [-0.39, 0.29) is 5.54 Å². The molecule has 18 heavy (non-hydrogen) atoms. The van der Waals surface area contributed by atoms with Crippen molar-refractivity contribution in [2.24, 2.45) is 0 Å². The average Bonchev–Trinajstić information content (AvgIpc) is 2.83. The maximum atomic E-state index is 6.11. The van der Waals surface area contributed by atoms with E-state index in [4.69, 9.17) is 11.6 Å². The third-order valence-corrected chi connectivity index (χ3v) is 4.33. The van der Waals surface area contributed by atoms with Crippen LogP contribution in [-0.2, 0) is 0 Å². The Labute approximate surface area is 115 Å². The predicted molar refractivity (Wildman–Crippen MR) is 78.1 cm³/mol. The number of nitrogens with one attached hydrogen (secondary N) is 1. The summed E-state index contributed by atoms with van der Waals surface area (Å²) in [5.41, 5.74) is 1.37. The molecule has 1 aromatic rings. The van der Waals surface area contributed by atoms with Crippen molar-refractivity contribution >= 4 is 11.6 Å². The zero-order chi connectivity index (χ0) is 13.2. The summed E-state index contributed by atoms with van der Waals surface area (Å²) in [7, 11) is 2.03. The molecule has 0 saturated carbocycles. The van der Waals surface area contributed by atoms with Crippen LogP contribution in [0.1, 0.15) is 38.3 Å². The molecule has 0 bridgehead atoms. The topological polar surface area (TPSA) is 15.3 Å². The van der Waals surface area contributed by atoms with Crippen LogP contribution in [0, 0.1) is 0 Å². The quantitative estimate of drug-likeness (QED) is 0.898. The molecule has 0 aliphatic carbocycles. The fourth-order valence-corrected chi connectivity index (χ4v) is 3.29. The molecule has 1 heterocycles. The Bertz CT molecular complexity index is 397. The molecule has 1 atom stereocenters. The van der Waals surface area contributed by atoms with E-state index in [0.29, 0.717) is 6.04 Å². The predicted octanol–water partition coefficient (Wildman–Crippen LogP) is 3.47. The van der Waals surface area contributed by atoms with Gasteiger partial charge in [-0.2, -0.15) is 0 Å². The Morgan fingerprint density at radius 1 is 1.28 bits per heavy atom. The van der Waals surface area contributed by atoms with Crippen molar-refractivity contribution in [1.82, 2.24) is 10.2 Å². The highest BCUT2D eigenvalue weighted by molar-refractivity contribution is 6.30. The number of halogens is 1. The number of hydrogen-bond donors (Lipinski definition) is 1. The molecule has 1 unspecified atom stereocenters. The van der Waals surface area contributed by atoms with Gasteiger partial charge in [0, 0.05) is 16.6 Å². The molecule has 1 aliphatic rings. The van der Waals surface area contributed by atoms with E-state index in [2.05, 4.69) is 36.2 Å². The van der Waals surface area contributed by atoms with Gasteiger partial charge in [0.15, 0.2) is 0 Å². The van der Waals surface area contributed by atoms with Gasteiger partial charge in [-0.15, -0.1) is 0 Å². The van der Waals surface area contributed by atoms with Crippen molar-refractivity contribution in [3.8, 4) is 0 Å². The first-order valence-corrected chi connectivity index (χ1v) is 7.11. The first-order chi connectivity index (χ1) is 8.55. The smallest absolute Gasteiger partial charge is 0.0499 e. The Balaban J connectivity index is 2.26. The molecule has 2 rings (SSSR count). The first kappa shape index (κ1) is 13.9. The molecule has 1 aliphatic heterocycles. The van der Waals surface area contributed by atoms with Gasteiger partial charge in [-0.25, -0.2) is 0 Å². The summed E-state index contributed by atoms with van der Waals surface area (Å²) in [5, 5.41) is 4.27. The highest BCUT2D eigenvalue weighted by Crippen LogP contribution is 2.34. The van der Waals surface area contributed by atoms with Crippen molar-refractivity contribution in [2.45, 2.75) is 38.3 Å². The number of likely N-dealkylation sites (N-methyl/N-ethyl adjacent to an activating group) is 1. The number of benzene rings is 1. The van der Waals surface area contributed by atoms with E-state index < -0.39 is 0 Å². The van der Waals surface area contributed by atoms with Crippen molar-refractivity contribution in [2.75, 3.05) is 20.1 Å². The summed E-state index contributed by atoms with van der Waals surface area (Å²) in [6.45, 7) is 7.04. The van der Waals surface area contributed by atoms with Crippen molar-refractivity contribution in [3.63, 3.8) is 0 Å². The van der Waals surface area contributed by atoms with E-state index in [1.165, 1.54) is 31.5 Å². The Hall–Kier alpha value is -0.570. The zero-order valence-electron chi connectivity index (χ0n) is 11.5. The summed E-state index contributed by atoms with van der Waals surface area (Å²) in [6.07, 6.45) is 2.63. The van der Waals surface area contributed by atoms with Crippen molar-refractivity contribution < 1.29 is 0 Å². The van der Waals surface area contributed by atoms with Gasteiger partial charge in [0.05, 0.1) is 0 Å². The van der Waals surface area contributed by atoms with Crippen LogP contribution in [0.5, 0.6) is 0 Å². The average molecular weight is 267 g/mol. The van der Waals surface area contributed by atoms with Crippen LogP contribution in [0.15, 0.2) is 24.3 Å². The lowest BCUT2D eigenvalue weighted by molar-refractivity contribution is 0.110. The fourth-order valence-electron chi connectivity index (χ4n) is 3.09. The number of nitrogens with zero attached hydrogens (tertiary/aromatic N) is 1. The minimum atomic E-state index is 0.107. The van der Waals surface area contributed by atoms with Crippen molar-refractivity contribution in [3.05, 3.63) is 34.9 Å². The molecule has 0 radical (unpaired) electrons. The Kier molecular flexibility index (Phi) is 4.31. The normalized spacial score (nSPS) is 19.1. The molecular weight excluding hydrogens is 244 g/mol. The highest BCUT2D eigenvalue weighted by Gasteiger charge is 2.36. The minimum absolute atomic E-state index is 0.107. The van der Waals surface area contributed by atoms with E-state index in [9.17, 15) is 0 Å². The van der Waals surface area contributed by atoms with Crippen LogP contribution in [0.3, 0.4) is 0 Å². The standard InChI is InChI=1S/C15H23ClN2/c1-15(2,18-9-4-5-10-18)14(17-3)12-7-6-8-13(16)11-12/h6-8,11,14,17H,4-5,9-10H2,1-3H3. The van der Waals surface area contributed by atoms with Gasteiger partial charge >= 0.3 is 0 Å². The van der Waals surface area contributed by atoms with Gasteiger partial charge in [-0.1, -0.05) is 23.7 Å². The fraction of sp³-hybridized carbons (Fsp3) is 0.600. The summed E-state index contributed by atoms with van der Waals surface area (Å²) >= 11 is 6.11. The second-order valence-electron chi connectivity index (χ2n) is 5.62. The summed E-state index contributed by atoms with van der Waals surface area (Å²) in [6, 6.07) is 8.49. The van der Waals surface area contributed by atoms with E-state index >= 15 is 0 Å². The lowest BCUT2D eigenvalue weighted by atomic mass is 9.87. The molecular formula is C15H23ClN2. The third-order valence-electron chi connectivity index (χ3n) is 4.10. The lowest BCUT2D eigenvalue weighted by Gasteiger charge is -2.42. The van der Waals surface area contributed by atoms with Gasteiger partial charge in [-0.3, -0.25) is 4.90 Å². The minimum Gasteiger partial charge on any atom is -0.311 e. The lowest BCUT2D eigenvalue weighted by Crippen LogP contribution is -2.50. The van der Waals surface area contributed by atoms with Gasteiger partial charge in [0.2, 0.25) is 0 Å². The van der Waals surface area contributed by atoms with Crippen LogP contribution in [-0.4, -0.2) is 30.6 Å². The van der Waals surface area contributed by atoms with Gasteiger partial charge in [0.1, 0.15) is 0 Å². The molecule has 3 heteroatoms. The van der Waals surface area contributed by atoms with Gasteiger partial charge in [0.25, 0.3) is 0 Å². The molecule has 100 valence electrons.